The molecule has 17 heavy (non-hydrogen) atoms. The van der Waals surface area contributed by atoms with Crippen LogP contribution in [0.25, 0.3) is 0 Å². The van der Waals surface area contributed by atoms with Crippen molar-refractivity contribution in [2.45, 2.75) is 65.8 Å². The van der Waals surface area contributed by atoms with Gasteiger partial charge in [-0.15, -0.1) is 0 Å². The molecule has 0 aromatic rings. The standard InChI is InChI=1S/C15H32N2/c1-6-15(7-2,12-16-14(3,4)5)13-17-10-8-9-11-17/h16H,6-13H2,1-5H3. The lowest BCUT2D eigenvalue weighted by Gasteiger charge is -2.38. The van der Waals surface area contributed by atoms with Crippen molar-refractivity contribution in [2.75, 3.05) is 26.2 Å². The summed E-state index contributed by atoms with van der Waals surface area (Å²) in [6.45, 7) is 16.6. The first-order valence-electron chi connectivity index (χ1n) is 7.38. The van der Waals surface area contributed by atoms with E-state index in [9.17, 15) is 0 Å². The van der Waals surface area contributed by atoms with E-state index >= 15 is 0 Å². The van der Waals surface area contributed by atoms with E-state index in [1.165, 1.54) is 45.3 Å². The second kappa shape index (κ2) is 6.19. The molecule has 1 rings (SSSR count). The van der Waals surface area contributed by atoms with Crippen molar-refractivity contribution in [1.29, 1.82) is 0 Å². The normalized spacial score (nSPS) is 18.9. The Morgan fingerprint density at radius 3 is 1.94 bits per heavy atom. The van der Waals surface area contributed by atoms with Crippen molar-refractivity contribution < 1.29 is 0 Å². The Hall–Kier alpha value is -0.0800. The van der Waals surface area contributed by atoms with Crippen LogP contribution in [0.15, 0.2) is 0 Å². The Morgan fingerprint density at radius 1 is 1.00 bits per heavy atom. The molecule has 1 N–H and O–H groups in total. The first-order chi connectivity index (χ1) is 7.91. The van der Waals surface area contributed by atoms with Gasteiger partial charge >= 0.3 is 0 Å². The molecule has 1 aliphatic rings. The second-order valence-corrected chi connectivity index (χ2v) is 6.79. The molecular weight excluding hydrogens is 208 g/mol. The van der Waals surface area contributed by atoms with Gasteiger partial charge in [0.15, 0.2) is 0 Å². The maximum absolute atomic E-state index is 3.71. The second-order valence-electron chi connectivity index (χ2n) is 6.79. The molecule has 2 heteroatoms. The minimum absolute atomic E-state index is 0.237. The molecule has 0 aromatic carbocycles. The summed E-state index contributed by atoms with van der Waals surface area (Å²) in [4.78, 5) is 2.66. The molecule has 1 heterocycles. The minimum atomic E-state index is 0.237. The lowest BCUT2D eigenvalue weighted by molar-refractivity contribution is 0.144. The zero-order valence-corrected chi connectivity index (χ0v) is 12.6. The van der Waals surface area contributed by atoms with Gasteiger partial charge in [0.05, 0.1) is 0 Å². The predicted molar refractivity (Wildman–Crippen MR) is 76.4 cm³/mol. The van der Waals surface area contributed by atoms with E-state index < -0.39 is 0 Å². The van der Waals surface area contributed by atoms with Gasteiger partial charge < -0.3 is 10.2 Å². The van der Waals surface area contributed by atoms with E-state index in [0.717, 1.165) is 6.54 Å². The van der Waals surface area contributed by atoms with Crippen molar-refractivity contribution in [3.63, 3.8) is 0 Å². The Morgan fingerprint density at radius 2 is 1.53 bits per heavy atom. The molecule has 0 amide bonds. The highest BCUT2D eigenvalue weighted by molar-refractivity contribution is 4.86. The van der Waals surface area contributed by atoms with Crippen molar-refractivity contribution >= 4 is 0 Å². The summed E-state index contributed by atoms with van der Waals surface area (Å²) in [5.41, 5.74) is 0.707. The summed E-state index contributed by atoms with van der Waals surface area (Å²) >= 11 is 0. The van der Waals surface area contributed by atoms with Crippen LogP contribution in [0.2, 0.25) is 0 Å². The van der Waals surface area contributed by atoms with Crippen LogP contribution in [0.5, 0.6) is 0 Å². The van der Waals surface area contributed by atoms with Crippen LogP contribution in [-0.4, -0.2) is 36.6 Å². The predicted octanol–water partition coefficient (Wildman–Crippen LogP) is 3.28. The molecule has 0 aliphatic carbocycles. The molecule has 0 spiro atoms. The Bertz CT molecular complexity index is 207. The smallest absolute Gasteiger partial charge is 0.00967 e. The first kappa shape index (κ1) is 15.0. The van der Waals surface area contributed by atoms with E-state index in [0.29, 0.717) is 5.41 Å². The fraction of sp³-hybridized carbons (Fsp3) is 1.00. The Kier molecular flexibility index (Phi) is 5.46. The monoisotopic (exact) mass is 240 g/mol. The SMILES string of the molecule is CCC(CC)(CNC(C)(C)C)CN1CCCC1. The molecule has 2 nitrogen and oxygen atoms in total. The van der Waals surface area contributed by atoms with E-state index in [1.54, 1.807) is 0 Å². The van der Waals surface area contributed by atoms with E-state index in [-0.39, 0.29) is 5.54 Å². The van der Waals surface area contributed by atoms with Gasteiger partial charge in [0.25, 0.3) is 0 Å². The van der Waals surface area contributed by atoms with Crippen LogP contribution < -0.4 is 5.32 Å². The van der Waals surface area contributed by atoms with Crippen LogP contribution in [0.1, 0.15) is 60.3 Å². The molecular formula is C15H32N2. The van der Waals surface area contributed by atoms with Crippen LogP contribution >= 0.6 is 0 Å². The zero-order chi connectivity index (χ0) is 12.9. The third-order valence-corrected chi connectivity index (χ3v) is 4.25. The summed E-state index contributed by atoms with van der Waals surface area (Å²) in [7, 11) is 0. The number of hydrogen-bond acceptors (Lipinski definition) is 2. The minimum Gasteiger partial charge on any atom is -0.311 e. The van der Waals surface area contributed by atoms with Crippen LogP contribution in [0.4, 0.5) is 0 Å². The summed E-state index contributed by atoms with van der Waals surface area (Å²) in [5, 5.41) is 3.71. The zero-order valence-electron chi connectivity index (χ0n) is 12.6. The molecule has 0 atom stereocenters. The average molecular weight is 240 g/mol. The van der Waals surface area contributed by atoms with Gasteiger partial charge in [-0.25, -0.2) is 0 Å². The quantitative estimate of drug-likeness (QED) is 0.766. The molecule has 0 aromatic heterocycles. The largest absolute Gasteiger partial charge is 0.311 e. The fourth-order valence-corrected chi connectivity index (χ4v) is 2.65. The van der Waals surface area contributed by atoms with E-state index in [4.69, 9.17) is 0 Å². The van der Waals surface area contributed by atoms with Crippen LogP contribution in [0, 0.1) is 5.41 Å². The van der Waals surface area contributed by atoms with E-state index in [2.05, 4.69) is 44.8 Å². The van der Waals surface area contributed by atoms with Gasteiger partial charge in [0.1, 0.15) is 0 Å². The van der Waals surface area contributed by atoms with Crippen molar-refractivity contribution in [2.24, 2.45) is 5.41 Å². The summed E-state index contributed by atoms with van der Waals surface area (Å²) < 4.78 is 0. The average Bonchev–Trinajstić information content (AvgIpc) is 2.76. The van der Waals surface area contributed by atoms with Crippen LogP contribution in [0.3, 0.4) is 0 Å². The van der Waals surface area contributed by atoms with Gasteiger partial charge in [-0.1, -0.05) is 13.8 Å². The highest BCUT2D eigenvalue weighted by Gasteiger charge is 2.30. The highest BCUT2D eigenvalue weighted by Crippen LogP contribution is 2.29. The molecule has 1 saturated heterocycles. The van der Waals surface area contributed by atoms with Gasteiger partial charge in [-0.3, -0.25) is 0 Å². The molecule has 1 aliphatic heterocycles. The number of likely N-dealkylation sites (tertiary alicyclic amines) is 1. The summed E-state index contributed by atoms with van der Waals surface area (Å²) in [5.74, 6) is 0. The highest BCUT2D eigenvalue weighted by atomic mass is 15.1. The number of hydrogen-bond donors (Lipinski definition) is 1. The molecule has 1 fully saturated rings. The topological polar surface area (TPSA) is 15.3 Å². The summed E-state index contributed by atoms with van der Waals surface area (Å²) in [6, 6.07) is 0. The van der Waals surface area contributed by atoms with Gasteiger partial charge in [-0.2, -0.15) is 0 Å². The lowest BCUT2D eigenvalue weighted by atomic mass is 9.81. The fourth-order valence-electron chi connectivity index (χ4n) is 2.65. The van der Waals surface area contributed by atoms with Gasteiger partial charge in [0.2, 0.25) is 0 Å². The van der Waals surface area contributed by atoms with Crippen molar-refractivity contribution in [3.05, 3.63) is 0 Å². The molecule has 0 saturated carbocycles. The van der Waals surface area contributed by atoms with Crippen LogP contribution in [-0.2, 0) is 0 Å². The lowest BCUT2D eigenvalue weighted by Crippen LogP contribution is -2.48. The molecule has 0 radical (unpaired) electrons. The number of nitrogens with one attached hydrogen (secondary N) is 1. The van der Waals surface area contributed by atoms with E-state index in [1.807, 2.05) is 0 Å². The third-order valence-electron chi connectivity index (χ3n) is 4.25. The maximum atomic E-state index is 3.71. The third kappa shape index (κ3) is 4.97. The maximum Gasteiger partial charge on any atom is 0.00967 e. The molecule has 0 unspecified atom stereocenters. The Labute approximate surface area is 108 Å². The number of rotatable bonds is 6. The van der Waals surface area contributed by atoms with Crippen molar-refractivity contribution in [1.82, 2.24) is 10.2 Å². The molecule has 0 bridgehead atoms. The summed E-state index contributed by atoms with van der Waals surface area (Å²) in [6.07, 6.45) is 5.36. The van der Waals surface area contributed by atoms with Crippen molar-refractivity contribution in [3.8, 4) is 0 Å². The Balaban J connectivity index is 2.53. The number of nitrogens with zero attached hydrogens (tertiary/aromatic N) is 1. The van der Waals surface area contributed by atoms with Gasteiger partial charge in [0, 0.05) is 18.6 Å². The first-order valence-corrected chi connectivity index (χ1v) is 7.38. The van der Waals surface area contributed by atoms with Gasteiger partial charge in [-0.05, 0) is 65.0 Å². The molecule has 102 valence electrons.